The molecule has 0 aliphatic carbocycles. The molecule has 132 valence electrons. The predicted molar refractivity (Wildman–Crippen MR) is 102 cm³/mol. The number of benzene rings is 1. The van der Waals surface area contributed by atoms with E-state index in [-0.39, 0.29) is 6.61 Å². The van der Waals surface area contributed by atoms with Crippen molar-refractivity contribution in [3.8, 4) is 11.3 Å². The Labute approximate surface area is 151 Å². The first-order valence-electron chi connectivity index (χ1n) is 8.66. The van der Waals surface area contributed by atoms with Crippen LogP contribution in [0.2, 0.25) is 0 Å². The van der Waals surface area contributed by atoms with Crippen LogP contribution < -0.4 is 5.32 Å². The van der Waals surface area contributed by atoms with Gasteiger partial charge in [0.25, 0.3) is 0 Å². The molecule has 0 unspecified atom stereocenters. The van der Waals surface area contributed by atoms with Gasteiger partial charge < -0.3 is 14.8 Å². The highest BCUT2D eigenvalue weighted by atomic mass is 16.3. The molecule has 3 aromatic heterocycles. The second-order valence-corrected chi connectivity index (χ2v) is 6.23. The molecule has 0 bridgehead atoms. The zero-order valence-corrected chi connectivity index (χ0v) is 14.6. The molecule has 4 aromatic rings. The van der Waals surface area contributed by atoms with E-state index < -0.39 is 0 Å². The Hall–Kier alpha value is -3.12. The first kappa shape index (κ1) is 16.4. The summed E-state index contributed by atoms with van der Waals surface area (Å²) in [5.74, 6) is 0.870. The molecule has 26 heavy (non-hydrogen) atoms. The molecule has 0 fully saturated rings. The van der Waals surface area contributed by atoms with E-state index in [0.29, 0.717) is 13.1 Å². The molecule has 0 spiro atoms. The van der Waals surface area contributed by atoms with Gasteiger partial charge >= 0.3 is 0 Å². The maximum absolute atomic E-state index is 9.35. The van der Waals surface area contributed by atoms with Gasteiger partial charge in [-0.2, -0.15) is 5.10 Å². The number of nitrogens with zero attached hydrogens (tertiary/aromatic N) is 4. The number of anilines is 1. The molecule has 4 rings (SSSR count). The molecule has 0 amide bonds. The quantitative estimate of drug-likeness (QED) is 0.562. The Kier molecular flexibility index (Phi) is 4.41. The van der Waals surface area contributed by atoms with Crippen molar-refractivity contribution < 1.29 is 5.11 Å². The number of pyridine rings is 1. The van der Waals surface area contributed by atoms with Crippen LogP contribution in [0.5, 0.6) is 0 Å². The fraction of sp³-hybridized carbons (Fsp3) is 0.200. The molecule has 0 saturated carbocycles. The maximum atomic E-state index is 9.35. The van der Waals surface area contributed by atoms with Crippen molar-refractivity contribution in [3.63, 3.8) is 0 Å². The number of imidazole rings is 1. The minimum absolute atomic E-state index is 0.0396. The molecule has 0 saturated heterocycles. The summed E-state index contributed by atoms with van der Waals surface area (Å²) in [6.07, 6.45) is 4.00. The second kappa shape index (κ2) is 7.01. The van der Waals surface area contributed by atoms with Crippen molar-refractivity contribution in [3.05, 3.63) is 72.2 Å². The first-order chi connectivity index (χ1) is 12.7. The third-order valence-electron chi connectivity index (χ3n) is 4.38. The lowest BCUT2D eigenvalue weighted by Crippen LogP contribution is -2.10. The van der Waals surface area contributed by atoms with Crippen molar-refractivity contribution in [2.75, 3.05) is 11.9 Å². The van der Waals surface area contributed by atoms with E-state index in [1.54, 1.807) is 4.68 Å². The zero-order valence-electron chi connectivity index (χ0n) is 14.6. The predicted octanol–water partition coefficient (Wildman–Crippen LogP) is 3.11. The number of aliphatic hydroxyl groups excluding tert-OH is 1. The van der Waals surface area contributed by atoms with Gasteiger partial charge in [-0.1, -0.05) is 30.3 Å². The smallest absolute Gasteiger partial charge is 0.137 e. The van der Waals surface area contributed by atoms with E-state index in [0.717, 1.165) is 28.4 Å². The van der Waals surface area contributed by atoms with Crippen LogP contribution in [0, 0.1) is 6.92 Å². The molecule has 3 heterocycles. The fourth-order valence-corrected chi connectivity index (χ4v) is 3.07. The number of hydrogen-bond donors (Lipinski definition) is 2. The minimum atomic E-state index is 0.0396. The summed E-state index contributed by atoms with van der Waals surface area (Å²) >= 11 is 0. The third kappa shape index (κ3) is 3.19. The Morgan fingerprint density at radius 1 is 1.12 bits per heavy atom. The van der Waals surface area contributed by atoms with E-state index >= 15 is 0 Å². The molecule has 0 radical (unpaired) electrons. The van der Waals surface area contributed by atoms with E-state index in [2.05, 4.69) is 34.5 Å². The average molecular weight is 347 g/mol. The molecule has 6 heteroatoms. The van der Waals surface area contributed by atoms with Crippen molar-refractivity contribution >= 4 is 11.5 Å². The highest BCUT2D eigenvalue weighted by molar-refractivity contribution is 5.66. The van der Waals surface area contributed by atoms with Crippen LogP contribution in [0.1, 0.15) is 11.3 Å². The summed E-state index contributed by atoms with van der Waals surface area (Å²) in [6, 6.07) is 16.1. The lowest BCUT2D eigenvalue weighted by Gasteiger charge is -2.06. The summed E-state index contributed by atoms with van der Waals surface area (Å²) in [6.45, 7) is 3.15. The third-order valence-corrected chi connectivity index (χ3v) is 4.38. The van der Waals surface area contributed by atoms with Crippen LogP contribution in [0.25, 0.3) is 16.9 Å². The van der Waals surface area contributed by atoms with Crippen LogP contribution in [-0.4, -0.2) is 30.9 Å². The fourth-order valence-electron chi connectivity index (χ4n) is 3.07. The lowest BCUT2D eigenvalue weighted by molar-refractivity contribution is 0.270. The molecule has 0 aliphatic rings. The van der Waals surface area contributed by atoms with Gasteiger partial charge in [0, 0.05) is 24.0 Å². The number of nitrogens with one attached hydrogen (secondary N) is 1. The number of fused-ring (bicyclic) bond motifs is 1. The van der Waals surface area contributed by atoms with Gasteiger partial charge in [-0.05, 0) is 24.6 Å². The Balaban J connectivity index is 1.59. The van der Waals surface area contributed by atoms with Crippen LogP contribution >= 0.6 is 0 Å². The first-order valence-corrected chi connectivity index (χ1v) is 8.66. The number of rotatable bonds is 6. The van der Waals surface area contributed by atoms with Crippen molar-refractivity contribution in [1.29, 1.82) is 0 Å². The number of aliphatic hydroxyl groups is 1. The summed E-state index contributed by atoms with van der Waals surface area (Å²) in [7, 11) is 0. The summed E-state index contributed by atoms with van der Waals surface area (Å²) in [5, 5.41) is 17.4. The largest absolute Gasteiger partial charge is 0.394 e. The lowest BCUT2D eigenvalue weighted by atomic mass is 10.1. The SMILES string of the molecule is Cc1ccccc1-c1cc(NCc2cn3ccccc3n2)n(CCO)n1. The van der Waals surface area contributed by atoms with Crippen LogP contribution in [-0.2, 0) is 13.1 Å². The van der Waals surface area contributed by atoms with E-state index in [4.69, 9.17) is 0 Å². The maximum Gasteiger partial charge on any atom is 0.137 e. The van der Waals surface area contributed by atoms with E-state index in [9.17, 15) is 5.11 Å². The molecule has 2 N–H and O–H groups in total. The Morgan fingerprint density at radius 2 is 1.96 bits per heavy atom. The van der Waals surface area contributed by atoms with Crippen molar-refractivity contribution in [2.24, 2.45) is 0 Å². The highest BCUT2D eigenvalue weighted by Gasteiger charge is 2.11. The highest BCUT2D eigenvalue weighted by Crippen LogP contribution is 2.25. The zero-order chi connectivity index (χ0) is 17.9. The van der Waals surface area contributed by atoms with Crippen LogP contribution in [0.3, 0.4) is 0 Å². The topological polar surface area (TPSA) is 67.4 Å². The molecule has 6 nitrogen and oxygen atoms in total. The molecule has 1 aromatic carbocycles. The van der Waals surface area contributed by atoms with Crippen molar-refractivity contribution in [1.82, 2.24) is 19.2 Å². The summed E-state index contributed by atoms with van der Waals surface area (Å²) in [4.78, 5) is 4.60. The number of hydrogen-bond acceptors (Lipinski definition) is 4. The van der Waals surface area contributed by atoms with Crippen molar-refractivity contribution in [2.45, 2.75) is 20.0 Å². The van der Waals surface area contributed by atoms with Crippen LogP contribution in [0.15, 0.2) is 60.9 Å². The average Bonchev–Trinajstić information content (AvgIpc) is 3.24. The Bertz CT molecular complexity index is 1000. The van der Waals surface area contributed by atoms with Gasteiger partial charge in [-0.3, -0.25) is 0 Å². The van der Waals surface area contributed by atoms with Gasteiger partial charge in [-0.25, -0.2) is 9.67 Å². The van der Waals surface area contributed by atoms with Gasteiger partial charge in [0.15, 0.2) is 0 Å². The van der Waals surface area contributed by atoms with Gasteiger partial charge in [0.1, 0.15) is 11.5 Å². The van der Waals surface area contributed by atoms with E-state index in [1.807, 2.05) is 53.2 Å². The standard InChI is InChI=1S/C20H21N5O/c1-15-6-2-3-7-17(15)18-12-20(25(23-18)10-11-26)21-13-16-14-24-9-5-4-8-19(24)22-16/h2-9,12,14,21,26H,10-11,13H2,1H3. The monoisotopic (exact) mass is 347 g/mol. The van der Waals surface area contributed by atoms with Gasteiger partial charge in [-0.15, -0.1) is 0 Å². The number of aromatic nitrogens is 4. The van der Waals surface area contributed by atoms with Gasteiger partial charge in [0.05, 0.1) is 31.1 Å². The van der Waals surface area contributed by atoms with Crippen LogP contribution in [0.4, 0.5) is 5.82 Å². The summed E-state index contributed by atoms with van der Waals surface area (Å²) in [5.41, 5.74) is 5.04. The second-order valence-electron chi connectivity index (χ2n) is 6.23. The molecule has 0 aliphatic heterocycles. The molecular formula is C20H21N5O. The Morgan fingerprint density at radius 3 is 2.77 bits per heavy atom. The summed E-state index contributed by atoms with van der Waals surface area (Å²) < 4.78 is 3.80. The van der Waals surface area contributed by atoms with Gasteiger partial charge in [0.2, 0.25) is 0 Å². The molecule has 0 atom stereocenters. The normalized spacial score (nSPS) is 11.2. The molecular weight excluding hydrogens is 326 g/mol. The number of aryl methyl sites for hydroxylation is 1. The van der Waals surface area contributed by atoms with E-state index in [1.165, 1.54) is 5.56 Å². The minimum Gasteiger partial charge on any atom is -0.394 e.